The van der Waals surface area contributed by atoms with Gasteiger partial charge in [0.2, 0.25) is 0 Å². The Morgan fingerprint density at radius 1 is 1.17 bits per heavy atom. The molecule has 2 heteroatoms. The lowest BCUT2D eigenvalue weighted by molar-refractivity contribution is 0.181. The van der Waals surface area contributed by atoms with Crippen molar-refractivity contribution in [2.75, 3.05) is 7.05 Å². The molecule has 0 saturated heterocycles. The van der Waals surface area contributed by atoms with Crippen LogP contribution >= 0.6 is 0 Å². The molecule has 0 atom stereocenters. The molecule has 0 spiro atoms. The minimum Gasteiger partial charge on any atom is -0.490 e. The molecule has 2 nitrogen and oxygen atoms in total. The Kier molecular flexibility index (Phi) is 5.06. The molecule has 1 N–H and O–H groups in total. The fourth-order valence-electron chi connectivity index (χ4n) is 2.69. The van der Waals surface area contributed by atoms with E-state index in [-0.39, 0.29) is 0 Å². The van der Waals surface area contributed by atoms with Gasteiger partial charge < -0.3 is 10.1 Å². The molecular formula is C16H25NO. The Hall–Kier alpha value is -1.02. The molecule has 2 rings (SSSR count). The first-order valence-corrected chi connectivity index (χ1v) is 7.20. The van der Waals surface area contributed by atoms with E-state index in [1.807, 2.05) is 7.05 Å². The second-order valence-corrected chi connectivity index (χ2v) is 5.37. The van der Waals surface area contributed by atoms with Crippen LogP contribution in [0.1, 0.15) is 49.7 Å². The van der Waals surface area contributed by atoms with Gasteiger partial charge in [-0.15, -0.1) is 0 Å². The summed E-state index contributed by atoms with van der Waals surface area (Å²) in [6, 6.07) is 6.50. The Labute approximate surface area is 111 Å². The molecule has 0 aliphatic heterocycles. The first-order chi connectivity index (χ1) is 8.79. The average molecular weight is 247 g/mol. The molecule has 0 amide bonds. The molecular weight excluding hydrogens is 222 g/mol. The maximum Gasteiger partial charge on any atom is 0.124 e. The Balaban J connectivity index is 2.06. The molecule has 0 bridgehead atoms. The van der Waals surface area contributed by atoms with Crippen LogP contribution in [-0.2, 0) is 6.54 Å². The summed E-state index contributed by atoms with van der Waals surface area (Å²) in [7, 11) is 1.98. The lowest BCUT2D eigenvalue weighted by atomic mass is 10.1. The van der Waals surface area contributed by atoms with Gasteiger partial charge in [-0.1, -0.05) is 30.5 Å². The third-order valence-corrected chi connectivity index (χ3v) is 3.68. The standard InChI is InChI=1S/C16H25NO/c1-13-9-10-16(14(11-13)12-17-2)18-15-7-5-3-4-6-8-15/h9-11,15,17H,3-8,12H2,1-2H3. The molecule has 1 aromatic rings. The number of rotatable bonds is 4. The molecule has 0 unspecified atom stereocenters. The van der Waals surface area contributed by atoms with Gasteiger partial charge in [-0.2, -0.15) is 0 Å². The van der Waals surface area contributed by atoms with Crippen molar-refractivity contribution in [3.8, 4) is 5.75 Å². The second-order valence-electron chi connectivity index (χ2n) is 5.37. The SMILES string of the molecule is CNCc1cc(C)ccc1OC1CCCCCC1. The summed E-state index contributed by atoms with van der Waals surface area (Å²) in [5.41, 5.74) is 2.58. The third-order valence-electron chi connectivity index (χ3n) is 3.68. The van der Waals surface area contributed by atoms with E-state index in [1.54, 1.807) is 0 Å². The summed E-state index contributed by atoms with van der Waals surface area (Å²) in [6.45, 7) is 3.01. The van der Waals surface area contributed by atoms with Crippen molar-refractivity contribution in [2.24, 2.45) is 0 Å². The van der Waals surface area contributed by atoms with E-state index in [9.17, 15) is 0 Å². The Bertz CT molecular complexity index is 367. The van der Waals surface area contributed by atoms with Crippen LogP contribution in [0.2, 0.25) is 0 Å². The van der Waals surface area contributed by atoms with Gasteiger partial charge >= 0.3 is 0 Å². The number of benzene rings is 1. The maximum absolute atomic E-state index is 6.23. The molecule has 100 valence electrons. The molecule has 0 aromatic heterocycles. The number of hydrogen-bond acceptors (Lipinski definition) is 2. The summed E-state index contributed by atoms with van der Waals surface area (Å²) in [5.74, 6) is 1.07. The summed E-state index contributed by atoms with van der Waals surface area (Å²) in [4.78, 5) is 0. The van der Waals surface area contributed by atoms with Crippen LogP contribution in [0.4, 0.5) is 0 Å². The lowest BCUT2D eigenvalue weighted by Gasteiger charge is -2.19. The van der Waals surface area contributed by atoms with Crippen molar-refractivity contribution >= 4 is 0 Å². The van der Waals surface area contributed by atoms with Crippen molar-refractivity contribution in [2.45, 2.75) is 58.1 Å². The van der Waals surface area contributed by atoms with E-state index in [0.717, 1.165) is 12.3 Å². The van der Waals surface area contributed by atoms with Gasteiger partial charge in [-0.25, -0.2) is 0 Å². The highest BCUT2D eigenvalue weighted by Crippen LogP contribution is 2.26. The van der Waals surface area contributed by atoms with Crippen LogP contribution in [0.5, 0.6) is 5.75 Å². The highest BCUT2D eigenvalue weighted by Gasteiger charge is 2.15. The van der Waals surface area contributed by atoms with Crippen LogP contribution in [0.3, 0.4) is 0 Å². The summed E-state index contributed by atoms with van der Waals surface area (Å²) in [6.07, 6.45) is 8.23. The second kappa shape index (κ2) is 6.79. The minimum absolute atomic E-state index is 0.422. The van der Waals surface area contributed by atoms with E-state index < -0.39 is 0 Å². The van der Waals surface area contributed by atoms with E-state index in [2.05, 4.69) is 30.4 Å². The van der Waals surface area contributed by atoms with Gasteiger partial charge in [0.25, 0.3) is 0 Å². The number of ether oxygens (including phenoxy) is 1. The zero-order valence-corrected chi connectivity index (χ0v) is 11.7. The summed E-state index contributed by atoms with van der Waals surface area (Å²) in [5, 5.41) is 3.22. The highest BCUT2D eigenvalue weighted by molar-refractivity contribution is 5.37. The third kappa shape index (κ3) is 3.74. The molecule has 18 heavy (non-hydrogen) atoms. The van der Waals surface area contributed by atoms with Crippen molar-refractivity contribution in [3.63, 3.8) is 0 Å². The van der Waals surface area contributed by atoms with E-state index >= 15 is 0 Å². The van der Waals surface area contributed by atoms with Gasteiger partial charge in [-0.05, 0) is 45.7 Å². The van der Waals surface area contributed by atoms with Crippen molar-refractivity contribution in [1.82, 2.24) is 5.32 Å². The fraction of sp³-hybridized carbons (Fsp3) is 0.625. The fourth-order valence-corrected chi connectivity index (χ4v) is 2.69. The summed E-state index contributed by atoms with van der Waals surface area (Å²) < 4.78 is 6.23. The largest absolute Gasteiger partial charge is 0.490 e. The maximum atomic E-state index is 6.23. The molecule has 1 aromatic carbocycles. The first kappa shape index (κ1) is 13.4. The van der Waals surface area contributed by atoms with E-state index in [4.69, 9.17) is 4.74 Å². The highest BCUT2D eigenvalue weighted by atomic mass is 16.5. The van der Waals surface area contributed by atoms with Gasteiger partial charge in [0.15, 0.2) is 0 Å². The topological polar surface area (TPSA) is 21.3 Å². The molecule has 1 aliphatic carbocycles. The molecule has 0 heterocycles. The van der Waals surface area contributed by atoms with Gasteiger partial charge in [0.1, 0.15) is 5.75 Å². The number of nitrogens with one attached hydrogen (secondary N) is 1. The molecule has 1 fully saturated rings. The van der Waals surface area contributed by atoms with Gasteiger partial charge in [-0.3, -0.25) is 0 Å². The van der Waals surface area contributed by atoms with Crippen LogP contribution in [0.15, 0.2) is 18.2 Å². The molecule has 1 saturated carbocycles. The van der Waals surface area contributed by atoms with Crippen LogP contribution in [0, 0.1) is 6.92 Å². The summed E-state index contributed by atoms with van der Waals surface area (Å²) >= 11 is 0. The van der Waals surface area contributed by atoms with Crippen LogP contribution in [0.25, 0.3) is 0 Å². The van der Waals surface area contributed by atoms with Crippen molar-refractivity contribution < 1.29 is 4.74 Å². The predicted molar refractivity (Wildman–Crippen MR) is 76.1 cm³/mol. The Morgan fingerprint density at radius 2 is 1.89 bits per heavy atom. The van der Waals surface area contributed by atoms with Crippen LogP contribution < -0.4 is 10.1 Å². The van der Waals surface area contributed by atoms with Crippen LogP contribution in [-0.4, -0.2) is 13.2 Å². The predicted octanol–water partition coefficient (Wildman–Crippen LogP) is 3.82. The van der Waals surface area contributed by atoms with E-state index in [1.165, 1.54) is 49.7 Å². The molecule has 1 aliphatic rings. The lowest BCUT2D eigenvalue weighted by Crippen LogP contribution is -2.17. The Morgan fingerprint density at radius 3 is 2.56 bits per heavy atom. The number of aryl methyl sites for hydroxylation is 1. The van der Waals surface area contributed by atoms with Crippen molar-refractivity contribution in [3.05, 3.63) is 29.3 Å². The molecule has 0 radical (unpaired) electrons. The number of hydrogen-bond donors (Lipinski definition) is 1. The van der Waals surface area contributed by atoms with Gasteiger partial charge in [0, 0.05) is 12.1 Å². The smallest absolute Gasteiger partial charge is 0.124 e. The van der Waals surface area contributed by atoms with E-state index in [0.29, 0.717) is 6.10 Å². The monoisotopic (exact) mass is 247 g/mol. The first-order valence-electron chi connectivity index (χ1n) is 7.20. The normalized spacial score (nSPS) is 17.4. The average Bonchev–Trinajstić information content (AvgIpc) is 2.61. The quantitative estimate of drug-likeness (QED) is 0.817. The zero-order valence-electron chi connectivity index (χ0n) is 11.7. The zero-order chi connectivity index (χ0) is 12.8. The van der Waals surface area contributed by atoms with Gasteiger partial charge in [0.05, 0.1) is 6.10 Å². The van der Waals surface area contributed by atoms with Crippen molar-refractivity contribution in [1.29, 1.82) is 0 Å². The minimum atomic E-state index is 0.422.